The van der Waals surface area contributed by atoms with Gasteiger partial charge >= 0.3 is 0 Å². The molecule has 0 saturated carbocycles. The molecule has 1 atom stereocenters. The lowest BCUT2D eigenvalue weighted by Crippen LogP contribution is -2.01. The maximum Gasteiger partial charge on any atom is 0.159 e. The Hall–Kier alpha value is -3.30. The molecule has 0 aliphatic rings. The van der Waals surface area contributed by atoms with Gasteiger partial charge in [0.25, 0.3) is 0 Å². The summed E-state index contributed by atoms with van der Waals surface area (Å²) >= 11 is 0. The molecule has 128 valence electrons. The minimum Gasteiger partial charge on any atom is -0.387 e. The van der Waals surface area contributed by atoms with E-state index in [0.717, 1.165) is 27.6 Å². The maximum atomic E-state index is 10.0. The molecule has 0 spiro atoms. The van der Waals surface area contributed by atoms with E-state index < -0.39 is 6.10 Å². The van der Waals surface area contributed by atoms with Gasteiger partial charge in [-0.3, -0.25) is 14.4 Å². The normalized spacial score (nSPS) is 12.4. The molecule has 6 heteroatoms. The molecule has 4 aromatic rings. The van der Waals surface area contributed by atoms with Crippen molar-refractivity contribution in [2.24, 2.45) is 0 Å². The number of aromatic nitrogens is 4. The van der Waals surface area contributed by atoms with E-state index >= 15 is 0 Å². The Bertz CT molecular complexity index is 1170. The molecule has 0 saturated heterocycles. The first-order chi connectivity index (χ1) is 12.6. The summed E-state index contributed by atoms with van der Waals surface area (Å²) < 4.78 is 1.92. The third kappa shape index (κ3) is 2.50. The highest BCUT2D eigenvalue weighted by atomic mass is 16.3. The molecule has 0 bridgehead atoms. The van der Waals surface area contributed by atoms with Gasteiger partial charge in [0.1, 0.15) is 11.7 Å². The van der Waals surface area contributed by atoms with E-state index in [2.05, 4.69) is 21.0 Å². The summed E-state index contributed by atoms with van der Waals surface area (Å²) in [7, 11) is 0. The highest BCUT2D eigenvalue weighted by Crippen LogP contribution is 2.32. The quantitative estimate of drug-likeness (QED) is 0.614. The van der Waals surface area contributed by atoms with Gasteiger partial charge in [0.2, 0.25) is 0 Å². The summed E-state index contributed by atoms with van der Waals surface area (Å²) in [6.07, 6.45) is 7.06. The van der Waals surface area contributed by atoms with Crippen molar-refractivity contribution < 1.29 is 5.11 Å². The van der Waals surface area contributed by atoms with Crippen molar-refractivity contribution in [3.8, 4) is 17.2 Å². The van der Waals surface area contributed by atoms with E-state index in [1.807, 2.05) is 36.4 Å². The second kappa shape index (κ2) is 6.21. The average Bonchev–Trinajstić information content (AvgIpc) is 3.11. The van der Waals surface area contributed by atoms with Gasteiger partial charge in [-0.05, 0) is 37.1 Å². The van der Waals surface area contributed by atoms with E-state index in [1.165, 1.54) is 0 Å². The van der Waals surface area contributed by atoms with E-state index in [4.69, 9.17) is 0 Å². The van der Waals surface area contributed by atoms with Gasteiger partial charge in [-0.1, -0.05) is 6.92 Å². The van der Waals surface area contributed by atoms with E-state index in [1.54, 1.807) is 24.8 Å². The van der Waals surface area contributed by atoms with Gasteiger partial charge in [0.05, 0.1) is 17.3 Å². The minimum atomic E-state index is -0.569. The van der Waals surface area contributed by atoms with Gasteiger partial charge in [-0.15, -0.1) is 0 Å². The largest absolute Gasteiger partial charge is 0.387 e. The number of fused-ring (bicyclic) bond motifs is 3. The third-order valence-corrected chi connectivity index (χ3v) is 4.60. The molecule has 0 amide bonds. The number of nitrogens with zero attached hydrogens (tertiary/aromatic N) is 5. The fraction of sp³-hybridized carbons (Fsp3) is 0.200. The average molecular weight is 343 g/mol. The lowest BCUT2D eigenvalue weighted by molar-refractivity contribution is 0.169. The molecule has 0 unspecified atom stereocenters. The minimum absolute atomic E-state index is 0.360. The molecule has 0 aliphatic heterocycles. The van der Waals surface area contributed by atoms with E-state index in [0.29, 0.717) is 23.5 Å². The Kier molecular flexibility index (Phi) is 3.86. The van der Waals surface area contributed by atoms with Crippen LogP contribution in [-0.4, -0.2) is 24.5 Å². The maximum absolute atomic E-state index is 10.0. The Morgan fingerprint density at radius 1 is 1.27 bits per heavy atom. The first-order valence-electron chi connectivity index (χ1n) is 8.43. The van der Waals surface area contributed by atoms with Crippen LogP contribution in [0.5, 0.6) is 0 Å². The van der Waals surface area contributed by atoms with Crippen LogP contribution in [-0.2, 0) is 0 Å². The molecule has 4 rings (SSSR count). The molecule has 0 aromatic carbocycles. The van der Waals surface area contributed by atoms with Gasteiger partial charge < -0.3 is 5.11 Å². The SMILES string of the molecule is CC[C@H](O)c1cc(C)c(-c2cc3cnccc3n3cc(C#N)nc23)cn1. The van der Waals surface area contributed by atoms with Crippen LogP contribution in [0.15, 0.2) is 43.0 Å². The molecule has 1 N–H and O–H groups in total. The zero-order valence-corrected chi connectivity index (χ0v) is 14.5. The van der Waals surface area contributed by atoms with Gasteiger partial charge in [-0.25, -0.2) is 4.98 Å². The standard InChI is InChI=1S/C20H17N5O/c1-3-19(26)17-6-12(2)16(10-23-17)15-7-13-9-22-5-4-18(13)25-11-14(8-21)24-20(15)25/h4-7,9-11,19,26H,3H2,1-2H3/t19-/m0/s1. The molecular formula is C20H17N5O. The van der Waals surface area contributed by atoms with Crippen LogP contribution >= 0.6 is 0 Å². The molecule has 0 aliphatic carbocycles. The van der Waals surface area contributed by atoms with Crippen LogP contribution < -0.4 is 0 Å². The van der Waals surface area contributed by atoms with Crippen molar-refractivity contribution in [1.82, 2.24) is 19.4 Å². The van der Waals surface area contributed by atoms with Crippen LogP contribution in [0.1, 0.15) is 36.4 Å². The number of aliphatic hydroxyl groups is 1. The fourth-order valence-electron chi connectivity index (χ4n) is 3.21. The summed E-state index contributed by atoms with van der Waals surface area (Å²) in [5.41, 5.74) is 5.46. The van der Waals surface area contributed by atoms with Crippen molar-refractivity contribution in [1.29, 1.82) is 5.26 Å². The number of rotatable bonds is 3. The molecule has 26 heavy (non-hydrogen) atoms. The lowest BCUT2D eigenvalue weighted by Gasteiger charge is -2.13. The van der Waals surface area contributed by atoms with Crippen LogP contribution in [0.25, 0.3) is 27.7 Å². The second-order valence-corrected chi connectivity index (χ2v) is 6.27. The number of hydrogen-bond donors (Lipinski definition) is 1. The van der Waals surface area contributed by atoms with Gasteiger partial charge in [-0.2, -0.15) is 5.26 Å². The van der Waals surface area contributed by atoms with Crippen molar-refractivity contribution in [2.75, 3.05) is 0 Å². The molecular weight excluding hydrogens is 326 g/mol. The van der Waals surface area contributed by atoms with Crippen LogP contribution in [0, 0.1) is 18.3 Å². The first-order valence-corrected chi connectivity index (χ1v) is 8.43. The predicted molar refractivity (Wildman–Crippen MR) is 98.4 cm³/mol. The molecule has 0 radical (unpaired) electrons. The Balaban J connectivity index is 2.01. The van der Waals surface area contributed by atoms with Crippen molar-refractivity contribution in [2.45, 2.75) is 26.4 Å². The summed E-state index contributed by atoms with van der Waals surface area (Å²) in [4.78, 5) is 13.1. The van der Waals surface area contributed by atoms with Crippen molar-refractivity contribution >= 4 is 16.6 Å². The monoisotopic (exact) mass is 343 g/mol. The molecule has 4 heterocycles. The smallest absolute Gasteiger partial charge is 0.159 e. The number of imidazole rings is 1. The number of nitriles is 1. The number of aliphatic hydroxyl groups excluding tert-OH is 1. The highest BCUT2D eigenvalue weighted by Gasteiger charge is 2.16. The second-order valence-electron chi connectivity index (χ2n) is 6.27. The molecule has 0 fully saturated rings. The molecule has 6 nitrogen and oxygen atoms in total. The molecule has 4 aromatic heterocycles. The van der Waals surface area contributed by atoms with Crippen molar-refractivity contribution in [3.05, 3.63) is 59.9 Å². The summed E-state index contributed by atoms with van der Waals surface area (Å²) in [6.45, 7) is 3.91. The Labute approximate surface area is 150 Å². The van der Waals surface area contributed by atoms with Crippen molar-refractivity contribution in [3.63, 3.8) is 0 Å². The fourth-order valence-corrected chi connectivity index (χ4v) is 3.21. The van der Waals surface area contributed by atoms with E-state index in [-0.39, 0.29) is 0 Å². The Morgan fingerprint density at radius 3 is 2.85 bits per heavy atom. The summed E-state index contributed by atoms with van der Waals surface area (Å²) in [5.74, 6) is 0. The summed E-state index contributed by atoms with van der Waals surface area (Å²) in [5, 5.41) is 20.3. The van der Waals surface area contributed by atoms with Crippen LogP contribution in [0.4, 0.5) is 0 Å². The number of hydrogen-bond acceptors (Lipinski definition) is 5. The van der Waals surface area contributed by atoms with Crippen LogP contribution in [0.2, 0.25) is 0 Å². The summed E-state index contributed by atoms with van der Waals surface area (Å²) in [6, 6.07) is 7.94. The topological polar surface area (TPSA) is 87.1 Å². The first kappa shape index (κ1) is 16.2. The zero-order chi connectivity index (χ0) is 18.3. The Morgan fingerprint density at radius 2 is 2.12 bits per heavy atom. The highest BCUT2D eigenvalue weighted by molar-refractivity contribution is 5.92. The predicted octanol–water partition coefficient (Wildman–Crippen LogP) is 3.57. The zero-order valence-electron chi connectivity index (χ0n) is 14.5. The number of aryl methyl sites for hydroxylation is 1. The lowest BCUT2D eigenvalue weighted by atomic mass is 10.0. The van der Waals surface area contributed by atoms with E-state index in [9.17, 15) is 10.4 Å². The van der Waals surface area contributed by atoms with Gasteiger partial charge in [0.15, 0.2) is 5.69 Å². The third-order valence-electron chi connectivity index (χ3n) is 4.60. The van der Waals surface area contributed by atoms with Crippen LogP contribution in [0.3, 0.4) is 0 Å². The van der Waals surface area contributed by atoms with Gasteiger partial charge in [0, 0.05) is 41.3 Å². The number of pyridine rings is 3.